The Hall–Kier alpha value is -5.37. The molecule has 1 heteroatoms. The van der Waals surface area contributed by atoms with Gasteiger partial charge in [-0.3, -0.25) is 0 Å². The van der Waals surface area contributed by atoms with E-state index in [-0.39, 0.29) is 0 Å². The molecule has 0 bridgehead atoms. The molecular formula is C53H54S. The zero-order chi connectivity index (χ0) is 38.6. The summed E-state index contributed by atoms with van der Waals surface area (Å²) in [4.78, 5) is 1.32. The van der Waals surface area contributed by atoms with Gasteiger partial charge in [-0.1, -0.05) is 177 Å². The fourth-order valence-corrected chi connectivity index (χ4v) is 7.85. The van der Waals surface area contributed by atoms with Gasteiger partial charge in [0.05, 0.1) is 0 Å². The molecule has 0 aliphatic heterocycles. The molecule has 0 saturated carbocycles. The van der Waals surface area contributed by atoms with Crippen molar-refractivity contribution in [1.82, 2.24) is 0 Å². The summed E-state index contributed by atoms with van der Waals surface area (Å²) >= 11 is 1.83. The van der Waals surface area contributed by atoms with E-state index in [4.69, 9.17) is 0 Å². The Balaban J connectivity index is 0.000000290. The van der Waals surface area contributed by atoms with Crippen LogP contribution in [0.5, 0.6) is 0 Å². The third-order valence-electron chi connectivity index (χ3n) is 9.92. The summed E-state index contributed by atoms with van der Waals surface area (Å²) in [6.07, 6.45) is 2.18. The van der Waals surface area contributed by atoms with E-state index >= 15 is 0 Å². The SMILES string of the molecule is CC.CSc1ccc(-c2c(C)ccc(-c3c(C)ccc4ccccc34)c2C)c(C)c1-c1ccc2ccccc2c1.Cc1ccccc1.Cc1ccccc1. The quantitative estimate of drug-likeness (QED) is 0.163. The van der Waals surface area contributed by atoms with Crippen molar-refractivity contribution in [3.05, 3.63) is 197 Å². The Kier molecular flexibility index (Phi) is 14.1. The van der Waals surface area contributed by atoms with Crippen molar-refractivity contribution in [2.45, 2.75) is 60.3 Å². The Labute approximate surface area is 329 Å². The first-order valence-electron chi connectivity index (χ1n) is 19.1. The fraction of sp³-hybridized carbons (Fsp3) is 0.170. The monoisotopic (exact) mass is 722 g/mol. The molecule has 0 heterocycles. The van der Waals surface area contributed by atoms with Gasteiger partial charge in [0.15, 0.2) is 0 Å². The summed E-state index contributed by atoms with van der Waals surface area (Å²) in [6.45, 7) is 17.3. The lowest BCUT2D eigenvalue weighted by atomic mass is 9.83. The Morgan fingerprint density at radius 3 is 1.43 bits per heavy atom. The van der Waals surface area contributed by atoms with Gasteiger partial charge in [0.2, 0.25) is 0 Å². The Morgan fingerprint density at radius 1 is 0.370 bits per heavy atom. The maximum atomic E-state index is 2.34. The highest BCUT2D eigenvalue weighted by Gasteiger charge is 2.19. The molecule has 0 aliphatic rings. The molecule has 0 atom stereocenters. The molecule has 0 aromatic heterocycles. The van der Waals surface area contributed by atoms with Crippen LogP contribution in [0, 0.1) is 41.5 Å². The van der Waals surface area contributed by atoms with Gasteiger partial charge in [0.1, 0.15) is 0 Å². The summed E-state index contributed by atoms with van der Waals surface area (Å²) in [5.74, 6) is 0. The van der Waals surface area contributed by atoms with Crippen LogP contribution in [-0.4, -0.2) is 6.26 Å². The van der Waals surface area contributed by atoms with Crippen LogP contribution in [0.4, 0.5) is 0 Å². The molecule has 0 aliphatic carbocycles. The van der Waals surface area contributed by atoms with Crippen LogP contribution in [0.1, 0.15) is 47.2 Å². The molecule has 8 aromatic carbocycles. The predicted molar refractivity (Wildman–Crippen MR) is 242 cm³/mol. The average Bonchev–Trinajstić information content (AvgIpc) is 3.20. The molecule has 0 N–H and O–H groups in total. The van der Waals surface area contributed by atoms with Crippen LogP contribution >= 0.6 is 11.8 Å². The topological polar surface area (TPSA) is 0 Å². The first-order chi connectivity index (χ1) is 26.3. The number of thioether (sulfide) groups is 1. The van der Waals surface area contributed by atoms with Crippen molar-refractivity contribution in [3.8, 4) is 33.4 Å². The van der Waals surface area contributed by atoms with Crippen molar-refractivity contribution in [2.24, 2.45) is 0 Å². The van der Waals surface area contributed by atoms with Crippen molar-refractivity contribution in [1.29, 1.82) is 0 Å². The minimum absolute atomic E-state index is 1.28. The smallest absolute Gasteiger partial charge is 0.0151 e. The molecule has 0 nitrogen and oxygen atoms in total. The number of benzene rings is 8. The minimum atomic E-state index is 1.28. The lowest BCUT2D eigenvalue weighted by Gasteiger charge is -2.22. The Bertz CT molecular complexity index is 2400. The fourth-order valence-electron chi connectivity index (χ4n) is 7.17. The van der Waals surface area contributed by atoms with E-state index in [1.165, 1.54) is 93.2 Å². The summed E-state index contributed by atoms with van der Waals surface area (Å²) in [7, 11) is 0. The van der Waals surface area contributed by atoms with Gasteiger partial charge in [0.25, 0.3) is 0 Å². The van der Waals surface area contributed by atoms with E-state index < -0.39 is 0 Å². The van der Waals surface area contributed by atoms with Crippen molar-refractivity contribution >= 4 is 33.3 Å². The standard InChI is InChI=1S/C37H32S.2C7H8.C2H6/c1-23-15-19-32(36-24(2)14-16-28-11-8-9-13-33(28)36)25(3)35(23)31-20-21-34(38-5)37(26(31)4)30-18-17-27-10-6-7-12-29(27)22-30;2*1-7-5-3-2-4-6-7;1-2/h6-22H,1-5H3;2*2-6H,1H3;1-2H3. The zero-order valence-electron chi connectivity index (χ0n) is 33.5. The van der Waals surface area contributed by atoms with Crippen molar-refractivity contribution in [3.63, 3.8) is 0 Å². The molecule has 8 rings (SSSR count). The molecule has 0 amide bonds. The maximum Gasteiger partial charge on any atom is 0.0151 e. The lowest BCUT2D eigenvalue weighted by Crippen LogP contribution is -1.98. The lowest BCUT2D eigenvalue weighted by molar-refractivity contribution is 1.31. The summed E-state index contributed by atoms with van der Waals surface area (Å²) in [5.41, 5.74) is 15.9. The highest BCUT2D eigenvalue weighted by molar-refractivity contribution is 7.98. The van der Waals surface area contributed by atoms with Gasteiger partial charge >= 0.3 is 0 Å². The minimum Gasteiger partial charge on any atom is -0.129 e. The van der Waals surface area contributed by atoms with Gasteiger partial charge in [-0.15, -0.1) is 11.8 Å². The van der Waals surface area contributed by atoms with E-state index in [1.807, 2.05) is 62.0 Å². The second kappa shape index (κ2) is 19.1. The van der Waals surface area contributed by atoms with Crippen LogP contribution < -0.4 is 0 Å². The molecule has 0 radical (unpaired) electrons. The Morgan fingerprint density at radius 2 is 0.833 bits per heavy atom. The number of hydrogen-bond acceptors (Lipinski definition) is 1. The zero-order valence-corrected chi connectivity index (χ0v) is 34.3. The second-order valence-corrected chi connectivity index (χ2v) is 14.4. The summed E-state index contributed by atoms with van der Waals surface area (Å²) in [5, 5.41) is 5.16. The highest BCUT2D eigenvalue weighted by atomic mass is 32.2. The molecule has 272 valence electrons. The average molecular weight is 723 g/mol. The first kappa shape index (κ1) is 39.8. The van der Waals surface area contributed by atoms with Crippen LogP contribution in [0.3, 0.4) is 0 Å². The largest absolute Gasteiger partial charge is 0.129 e. The number of fused-ring (bicyclic) bond motifs is 2. The number of aryl methyl sites for hydroxylation is 4. The van der Waals surface area contributed by atoms with E-state index in [9.17, 15) is 0 Å². The van der Waals surface area contributed by atoms with Crippen molar-refractivity contribution in [2.75, 3.05) is 6.26 Å². The van der Waals surface area contributed by atoms with Crippen molar-refractivity contribution < 1.29 is 0 Å². The van der Waals surface area contributed by atoms with Gasteiger partial charge in [0, 0.05) is 4.90 Å². The first-order valence-corrected chi connectivity index (χ1v) is 20.3. The van der Waals surface area contributed by atoms with Crippen LogP contribution in [0.15, 0.2) is 169 Å². The predicted octanol–water partition coefficient (Wildman–Crippen LogP) is 16.0. The van der Waals surface area contributed by atoms with Gasteiger partial charge < -0.3 is 0 Å². The molecule has 0 fully saturated rings. The molecule has 0 spiro atoms. The third-order valence-corrected chi connectivity index (χ3v) is 10.7. The maximum absolute atomic E-state index is 2.34. The van der Waals surface area contributed by atoms with Crippen LogP contribution in [-0.2, 0) is 0 Å². The number of hydrogen-bond donors (Lipinski definition) is 0. The second-order valence-electron chi connectivity index (χ2n) is 13.6. The molecule has 0 saturated heterocycles. The van der Waals surface area contributed by atoms with Gasteiger partial charge in [-0.05, 0) is 137 Å². The van der Waals surface area contributed by atoms with E-state index in [0.29, 0.717) is 0 Å². The molecular weight excluding hydrogens is 669 g/mol. The van der Waals surface area contributed by atoms with E-state index in [1.54, 1.807) is 0 Å². The van der Waals surface area contributed by atoms with E-state index in [0.717, 1.165) is 0 Å². The van der Waals surface area contributed by atoms with E-state index in [2.05, 4.69) is 175 Å². The third kappa shape index (κ3) is 9.22. The van der Waals surface area contributed by atoms with Gasteiger partial charge in [-0.25, -0.2) is 0 Å². The normalized spacial score (nSPS) is 10.4. The highest BCUT2D eigenvalue weighted by Crippen LogP contribution is 2.44. The van der Waals surface area contributed by atoms with Crippen LogP contribution in [0.25, 0.3) is 54.9 Å². The number of rotatable bonds is 4. The molecule has 8 aromatic rings. The summed E-state index contributed by atoms with van der Waals surface area (Å²) in [6, 6.07) is 58.5. The van der Waals surface area contributed by atoms with Crippen LogP contribution in [0.2, 0.25) is 0 Å². The molecule has 0 unspecified atom stereocenters. The summed E-state index contributed by atoms with van der Waals surface area (Å²) < 4.78 is 0. The van der Waals surface area contributed by atoms with Gasteiger partial charge in [-0.2, -0.15) is 0 Å². The molecule has 54 heavy (non-hydrogen) atoms.